The van der Waals surface area contributed by atoms with E-state index >= 15 is 0 Å². The highest BCUT2D eigenvalue weighted by molar-refractivity contribution is 5.93. The molecule has 3 rings (SSSR count). The second kappa shape index (κ2) is 6.88. The zero-order valence-corrected chi connectivity index (χ0v) is 14.2. The molecular weight excluding hydrogens is 324 g/mol. The molecule has 0 spiro atoms. The van der Waals surface area contributed by atoms with Crippen LogP contribution in [0.1, 0.15) is 23.3 Å². The molecule has 9 nitrogen and oxygen atoms in total. The van der Waals surface area contributed by atoms with Crippen LogP contribution in [0.15, 0.2) is 30.5 Å². The Labute approximate surface area is 145 Å². The molecule has 0 saturated carbocycles. The molecule has 0 N–H and O–H groups in total. The smallest absolute Gasteiger partial charge is 0.323 e. The molecule has 1 atom stereocenters. The fourth-order valence-electron chi connectivity index (χ4n) is 3.27. The molecule has 2 aromatic rings. The monoisotopic (exact) mass is 344 g/mol. The fraction of sp³-hybridized carbons (Fsp3) is 0.438. The summed E-state index contributed by atoms with van der Waals surface area (Å²) in [6, 6.07) is 6.75. The van der Waals surface area contributed by atoms with Gasteiger partial charge >= 0.3 is 5.82 Å². The standard InChI is InChI=1S/C16H20N6O3/c1-19(16(23)13-7-8-15(20(13)2)22(24)25)11-12-5-4-10-21(12)14-6-3-9-17-18-14/h3,6-9,12H,4-5,10-11H2,1-2H3. The summed E-state index contributed by atoms with van der Waals surface area (Å²) in [5, 5.41) is 19.0. The summed E-state index contributed by atoms with van der Waals surface area (Å²) in [6.45, 7) is 1.40. The number of nitro groups is 1. The Bertz CT molecular complexity index is 775. The van der Waals surface area contributed by atoms with Crippen molar-refractivity contribution in [2.75, 3.05) is 25.0 Å². The SMILES string of the molecule is CN(CC1CCCN1c1cccnn1)C(=O)c1ccc([N+](=O)[O-])n1C. The van der Waals surface area contributed by atoms with Crippen LogP contribution in [-0.4, -0.2) is 56.7 Å². The Balaban J connectivity index is 1.72. The van der Waals surface area contributed by atoms with E-state index in [9.17, 15) is 14.9 Å². The van der Waals surface area contributed by atoms with Crippen LogP contribution in [-0.2, 0) is 7.05 Å². The minimum Gasteiger partial charge on any atom is -0.358 e. The van der Waals surface area contributed by atoms with E-state index in [0.29, 0.717) is 12.2 Å². The predicted molar refractivity (Wildman–Crippen MR) is 91.4 cm³/mol. The molecule has 9 heteroatoms. The topological polar surface area (TPSA) is 97.4 Å². The Hall–Kier alpha value is -2.97. The van der Waals surface area contributed by atoms with Crippen molar-refractivity contribution < 1.29 is 9.72 Å². The first kappa shape index (κ1) is 16.9. The van der Waals surface area contributed by atoms with Crippen molar-refractivity contribution in [1.29, 1.82) is 0 Å². The fourth-order valence-corrected chi connectivity index (χ4v) is 3.27. The highest BCUT2D eigenvalue weighted by Crippen LogP contribution is 2.24. The first-order valence-corrected chi connectivity index (χ1v) is 8.09. The van der Waals surface area contributed by atoms with Crippen LogP contribution < -0.4 is 4.90 Å². The summed E-state index contributed by atoms with van der Waals surface area (Å²) in [5.41, 5.74) is 0.304. The minimum atomic E-state index is -0.496. The van der Waals surface area contributed by atoms with Gasteiger partial charge in [0.1, 0.15) is 0 Å². The Morgan fingerprint density at radius 2 is 2.24 bits per heavy atom. The van der Waals surface area contributed by atoms with Crippen molar-refractivity contribution in [3.8, 4) is 0 Å². The molecule has 132 valence electrons. The second-order valence-corrected chi connectivity index (χ2v) is 6.15. The van der Waals surface area contributed by atoms with Crippen LogP contribution in [0.4, 0.5) is 11.6 Å². The number of hydrogen-bond donors (Lipinski definition) is 0. The van der Waals surface area contributed by atoms with E-state index < -0.39 is 4.92 Å². The number of nitrogens with zero attached hydrogens (tertiary/aromatic N) is 6. The Morgan fingerprint density at radius 3 is 2.88 bits per heavy atom. The van der Waals surface area contributed by atoms with Crippen molar-refractivity contribution in [2.24, 2.45) is 7.05 Å². The van der Waals surface area contributed by atoms with E-state index in [1.807, 2.05) is 12.1 Å². The van der Waals surface area contributed by atoms with Gasteiger partial charge in [-0.1, -0.05) is 0 Å². The van der Waals surface area contributed by atoms with Gasteiger partial charge in [-0.3, -0.25) is 4.79 Å². The molecule has 0 aliphatic carbocycles. The van der Waals surface area contributed by atoms with Gasteiger partial charge in [-0.25, -0.2) is 4.57 Å². The average molecular weight is 344 g/mol. The summed E-state index contributed by atoms with van der Waals surface area (Å²) >= 11 is 0. The molecule has 1 amide bonds. The number of anilines is 1. The lowest BCUT2D eigenvalue weighted by molar-refractivity contribution is -0.391. The molecule has 1 saturated heterocycles. The van der Waals surface area contributed by atoms with E-state index in [1.165, 1.54) is 23.7 Å². The zero-order valence-electron chi connectivity index (χ0n) is 14.2. The summed E-state index contributed by atoms with van der Waals surface area (Å²) in [7, 11) is 3.25. The Morgan fingerprint density at radius 1 is 1.44 bits per heavy atom. The molecule has 0 radical (unpaired) electrons. The maximum Gasteiger partial charge on any atom is 0.323 e. The highest BCUT2D eigenvalue weighted by atomic mass is 16.6. The van der Waals surface area contributed by atoms with Gasteiger partial charge in [-0.05, 0) is 36.0 Å². The zero-order chi connectivity index (χ0) is 18.0. The second-order valence-electron chi connectivity index (χ2n) is 6.15. The normalized spacial score (nSPS) is 16.9. The lowest BCUT2D eigenvalue weighted by Gasteiger charge is -2.28. The minimum absolute atomic E-state index is 0.0983. The number of aromatic nitrogens is 3. The van der Waals surface area contributed by atoms with Crippen LogP contribution >= 0.6 is 0 Å². The highest BCUT2D eigenvalue weighted by Gasteiger charge is 2.30. The molecule has 3 heterocycles. The van der Waals surface area contributed by atoms with E-state index in [-0.39, 0.29) is 17.8 Å². The summed E-state index contributed by atoms with van der Waals surface area (Å²) in [4.78, 5) is 26.9. The molecule has 0 bridgehead atoms. The van der Waals surface area contributed by atoms with Crippen LogP contribution in [0.2, 0.25) is 0 Å². The predicted octanol–water partition coefficient (Wildman–Crippen LogP) is 1.46. The van der Waals surface area contributed by atoms with Crippen LogP contribution in [0.3, 0.4) is 0 Å². The third-order valence-electron chi connectivity index (χ3n) is 4.56. The molecule has 1 unspecified atom stereocenters. The molecular formula is C16H20N6O3. The molecule has 2 aromatic heterocycles. The molecule has 1 aliphatic heterocycles. The van der Waals surface area contributed by atoms with Crippen molar-refractivity contribution in [3.05, 3.63) is 46.3 Å². The first-order valence-electron chi connectivity index (χ1n) is 8.09. The average Bonchev–Trinajstić information content (AvgIpc) is 3.21. The van der Waals surface area contributed by atoms with Gasteiger partial charge in [0.25, 0.3) is 5.91 Å². The molecule has 1 fully saturated rings. The van der Waals surface area contributed by atoms with Crippen LogP contribution in [0.25, 0.3) is 0 Å². The van der Waals surface area contributed by atoms with Gasteiger partial charge in [0, 0.05) is 38.4 Å². The van der Waals surface area contributed by atoms with Gasteiger partial charge in [-0.2, -0.15) is 5.10 Å². The van der Waals surface area contributed by atoms with Crippen molar-refractivity contribution in [2.45, 2.75) is 18.9 Å². The largest absolute Gasteiger partial charge is 0.358 e. The lowest BCUT2D eigenvalue weighted by Crippen LogP contribution is -2.42. The van der Waals surface area contributed by atoms with Crippen molar-refractivity contribution >= 4 is 17.5 Å². The lowest BCUT2D eigenvalue weighted by atomic mass is 10.2. The van der Waals surface area contributed by atoms with Gasteiger partial charge in [0.2, 0.25) is 0 Å². The third kappa shape index (κ3) is 3.30. The quantitative estimate of drug-likeness (QED) is 0.602. The van der Waals surface area contributed by atoms with E-state index in [1.54, 1.807) is 18.1 Å². The summed E-state index contributed by atoms with van der Waals surface area (Å²) in [6.07, 6.45) is 3.62. The third-order valence-corrected chi connectivity index (χ3v) is 4.56. The van der Waals surface area contributed by atoms with Gasteiger partial charge in [0.15, 0.2) is 11.5 Å². The van der Waals surface area contributed by atoms with Gasteiger partial charge < -0.3 is 19.9 Å². The molecule has 25 heavy (non-hydrogen) atoms. The van der Waals surface area contributed by atoms with Gasteiger partial charge in [-0.15, -0.1) is 5.10 Å². The van der Waals surface area contributed by atoms with E-state index in [0.717, 1.165) is 25.2 Å². The van der Waals surface area contributed by atoms with Crippen molar-refractivity contribution in [3.63, 3.8) is 0 Å². The maximum atomic E-state index is 12.7. The number of hydrogen-bond acceptors (Lipinski definition) is 6. The summed E-state index contributed by atoms with van der Waals surface area (Å²) in [5.74, 6) is 0.473. The number of rotatable bonds is 5. The summed E-state index contributed by atoms with van der Waals surface area (Å²) < 4.78 is 1.31. The first-order chi connectivity index (χ1) is 12.0. The van der Waals surface area contributed by atoms with E-state index in [4.69, 9.17) is 0 Å². The molecule has 0 aromatic carbocycles. The van der Waals surface area contributed by atoms with Crippen molar-refractivity contribution in [1.82, 2.24) is 19.7 Å². The number of carbonyl (C=O) groups is 1. The van der Waals surface area contributed by atoms with Crippen LogP contribution in [0.5, 0.6) is 0 Å². The molecule has 1 aliphatic rings. The number of amides is 1. The Kier molecular flexibility index (Phi) is 4.64. The number of carbonyl (C=O) groups excluding carboxylic acids is 1. The maximum absolute atomic E-state index is 12.7. The van der Waals surface area contributed by atoms with Crippen LogP contribution in [0, 0.1) is 10.1 Å². The number of likely N-dealkylation sites (N-methyl/N-ethyl adjacent to an activating group) is 1. The van der Waals surface area contributed by atoms with E-state index in [2.05, 4.69) is 15.1 Å². The van der Waals surface area contributed by atoms with Gasteiger partial charge in [0.05, 0.1) is 7.05 Å².